The standard InChI is InChI=1S/C18H21ClN2O2/c1-10-6-12-9-13(7-10)21(12)18(23)20-11-2-4-16(19)15(8-11)14-3-5-17(14)22/h2,4,8,10,12-14H,3,5-7,9H2,1H3,(H,20,23)/t10?,12-,13?,14-/m0/s1. The Bertz CT molecular complexity index is 663. The minimum absolute atomic E-state index is 0.0219. The van der Waals surface area contributed by atoms with Crippen LogP contribution in [0.4, 0.5) is 10.5 Å². The number of Topliss-reactive ketones (excluding diaryl/α,β-unsaturated/α-hetero) is 1. The molecule has 5 rings (SSSR count). The van der Waals surface area contributed by atoms with Crippen LogP contribution in [0.1, 0.15) is 50.5 Å². The number of halogens is 1. The highest BCUT2D eigenvalue weighted by Crippen LogP contribution is 2.42. The third-order valence-electron chi connectivity index (χ3n) is 5.61. The molecule has 1 N–H and O–H groups in total. The van der Waals surface area contributed by atoms with Gasteiger partial charge in [-0.15, -0.1) is 0 Å². The third kappa shape index (κ3) is 2.53. The first-order valence-corrected chi connectivity index (χ1v) is 8.82. The number of carbonyl (C=O) groups excluding carboxylic acids is 2. The molecule has 2 saturated heterocycles. The van der Waals surface area contributed by atoms with Crippen molar-refractivity contribution in [1.29, 1.82) is 0 Å². The zero-order chi connectivity index (χ0) is 16.1. The zero-order valence-electron chi connectivity index (χ0n) is 13.2. The molecule has 0 spiro atoms. The molecule has 1 aromatic carbocycles. The number of anilines is 1. The van der Waals surface area contributed by atoms with Gasteiger partial charge in [0.2, 0.25) is 0 Å². The molecule has 122 valence electrons. The maximum absolute atomic E-state index is 12.5. The number of ketones is 1. The first kappa shape index (κ1) is 15.0. The van der Waals surface area contributed by atoms with Gasteiger partial charge in [-0.1, -0.05) is 18.5 Å². The van der Waals surface area contributed by atoms with Crippen LogP contribution in [0.5, 0.6) is 0 Å². The monoisotopic (exact) mass is 332 g/mol. The second kappa shape index (κ2) is 5.52. The molecule has 4 nitrogen and oxygen atoms in total. The third-order valence-corrected chi connectivity index (χ3v) is 5.95. The lowest BCUT2D eigenvalue weighted by molar-refractivity contribution is -0.125. The molecular weight excluding hydrogens is 312 g/mol. The number of piperidine rings is 1. The lowest BCUT2D eigenvalue weighted by atomic mass is 9.74. The summed E-state index contributed by atoms with van der Waals surface area (Å²) in [6.07, 6.45) is 4.83. The molecule has 0 radical (unpaired) electrons. The molecule has 2 heterocycles. The quantitative estimate of drug-likeness (QED) is 0.882. The van der Waals surface area contributed by atoms with Gasteiger partial charge in [-0.05, 0) is 55.4 Å². The average molecular weight is 333 g/mol. The summed E-state index contributed by atoms with van der Waals surface area (Å²) < 4.78 is 0. The summed E-state index contributed by atoms with van der Waals surface area (Å²) in [4.78, 5) is 26.2. The van der Waals surface area contributed by atoms with Crippen molar-refractivity contribution in [3.05, 3.63) is 28.8 Å². The van der Waals surface area contributed by atoms with Gasteiger partial charge in [0.15, 0.2) is 0 Å². The number of hydrogen-bond acceptors (Lipinski definition) is 2. The van der Waals surface area contributed by atoms with Crippen molar-refractivity contribution in [1.82, 2.24) is 4.90 Å². The Morgan fingerprint density at radius 1 is 1.26 bits per heavy atom. The maximum Gasteiger partial charge on any atom is 0.322 e. The molecule has 4 aliphatic rings. The summed E-state index contributed by atoms with van der Waals surface area (Å²) >= 11 is 6.23. The lowest BCUT2D eigenvalue weighted by Gasteiger charge is -2.54. The number of nitrogens with zero attached hydrogens (tertiary/aromatic N) is 1. The number of carbonyl (C=O) groups is 2. The van der Waals surface area contributed by atoms with E-state index in [9.17, 15) is 9.59 Å². The molecule has 2 bridgehead atoms. The maximum atomic E-state index is 12.5. The van der Waals surface area contributed by atoms with E-state index >= 15 is 0 Å². The number of rotatable bonds is 2. The van der Waals surface area contributed by atoms with Crippen LogP contribution in [0.25, 0.3) is 0 Å². The minimum atomic E-state index is -0.0939. The van der Waals surface area contributed by atoms with Crippen molar-refractivity contribution in [3.63, 3.8) is 0 Å². The van der Waals surface area contributed by atoms with E-state index in [0.29, 0.717) is 23.5 Å². The number of urea groups is 1. The van der Waals surface area contributed by atoms with E-state index < -0.39 is 0 Å². The largest absolute Gasteiger partial charge is 0.322 e. The van der Waals surface area contributed by atoms with Crippen molar-refractivity contribution in [2.75, 3.05) is 5.32 Å². The fraction of sp³-hybridized carbons (Fsp3) is 0.556. The van der Waals surface area contributed by atoms with Crippen LogP contribution in [0, 0.1) is 5.92 Å². The van der Waals surface area contributed by atoms with E-state index in [0.717, 1.165) is 42.9 Å². The van der Waals surface area contributed by atoms with Gasteiger partial charge in [-0.2, -0.15) is 0 Å². The second-order valence-electron chi connectivity index (χ2n) is 7.25. The molecule has 2 aliphatic carbocycles. The summed E-state index contributed by atoms with van der Waals surface area (Å²) in [7, 11) is 0. The van der Waals surface area contributed by atoms with Crippen LogP contribution in [0.15, 0.2) is 18.2 Å². The molecule has 4 fully saturated rings. The van der Waals surface area contributed by atoms with Crippen LogP contribution in [0.2, 0.25) is 5.02 Å². The van der Waals surface area contributed by atoms with E-state index in [1.807, 2.05) is 17.0 Å². The van der Waals surface area contributed by atoms with Gasteiger partial charge in [0.05, 0.1) is 0 Å². The second-order valence-corrected chi connectivity index (χ2v) is 7.66. The van der Waals surface area contributed by atoms with Crippen molar-refractivity contribution in [2.45, 2.75) is 57.0 Å². The van der Waals surface area contributed by atoms with Crippen LogP contribution < -0.4 is 5.32 Å². The fourth-order valence-electron chi connectivity index (χ4n) is 4.29. The Labute approximate surface area is 141 Å². The van der Waals surface area contributed by atoms with E-state index in [-0.39, 0.29) is 17.7 Å². The van der Waals surface area contributed by atoms with Crippen molar-refractivity contribution in [3.8, 4) is 0 Å². The number of benzene rings is 1. The number of amides is 2. The average Bonchev–Trinajstić information content (AvgIpc) is 2.48. The molecule has 0 aromatic heterocycles. The summed E-state index contributed by atoms with van der Waals surface area (Å²) in [5, 5.41) is 3.60. The van der Waals surface area contributed by atoms with E-state index in [1.54, 1.807) is 6.07 Å². The van der Waals surface area contributed by atoms with Gasteiger partial charge < -0.3 is 10.2 Å². The van der Waals surface area contributed by atoms with E-state index in [4.69, 9.17) is 11.6 Å². The van der Waals surface area contributed by atoms with E-state index in [2.05, 4.69) is 12.2 Å². The highest BCUT2D eigenvalue weighted by Gasteiger charge is 2.46. The van der Waals surface area contributed by atoms with Crippen LogP contribution in [-0.2, 0) is 4.79 Å². The Morgan fingerprint density at radius 3 is 2.61 bits per heavy atom. The Balaban J connectivity index is 1.48. The van der Waals surface area contributed by atoms with E-state index in [1.165, 1.54) is 0 Å². The molecule has 2 amide bonds. The van der Waals surface area contributed by atoms with Gasteiger partial charge >= 0.3 is 6.03 Å². The summed E-state index contributed by atoms with van der Waals surface area (Å²) in [6, 6.07) is 6.21. The molecular formula is C18H21ClN2O2. The van der Waals surface area contributed by atoms with Gasteiger partial charge in [-0.3, -0.25) is 4.79 Å². The molecule has 1 aromatic rings. The summed E-state index contributed by atoms with van der Waals surface area (Å²) in [5.74, 6) is 0.861. The molecule has 4 atom stereocenters. The predicted molar refractivity (Wildman–Crippen MR) is 89.9 cm³/mol. The van der Waals surface area contributed by atoms with Gasteiger partial charge in [0.1, 0.15) is 5.78 Å². The molecule has 23 heavy (non-hydrogen) atoms. The topological polar surface area (TPSA) is 49.4 Å². The van der Waals surface area contributed by atoms with Crippen LogP contribution in [0.3, 0.4) is 0 Å². The van der Waals surface area contributed by atoms with Gasteiger partial charge in [-0.25, -0.2) is 4.79 Å². The predicted octanol–water partition coefficient (Wildman–Crippen LogP) is 4.19. The smallest absolute Gasteiger partial charge is 0.318 e. The molecule has 2 saturated carbocycles. The fourth-order valence-corrected chi connectivity index (χ4v) is 4.54. The number of hydrogen-bond donors (Lipinski definition) is 1. The van der Waals surface area contributed by atoms with Crippen molar-refractivity contribution < 1.29 is 9.59 Å². The zero-order valence-corrected chi connectivity index (χ0v) is 14.0. The van der Waals surface area contributed by atoms with Crippen molar-refractivity contribution in [2.24, 2.45) is 5.92 Å². The Hall–Kier alpha value is -1.55. The highest BCUT2D eigenvalue weighted by molar-refractivity contribution is 6.31. The minimum Gasteiger partial charge on any atom is -0.318 e. The Morgan fingerprint density at radius 2 is 2.00 bits per heavy atom. The number of nitrogens with one attached hydrogen (secondary N) is 1. The normalized spacial score (nSPS) is 32.1. The summed E-state index contributed by atoms with van der Waals surface area (Å²) in [6.45, 7) is 2.26. The van der Waals surface area contributed by atoms with Gasteiger partial charge in [0.25, 0.3) is 0 Å². The molecule has 2 unspecified atom stereocenters. The first-order chi connectivity index (χ1) is 11.0. The number of fused-ring (bicyclic) bond motifs is 2. The first-order valence-electron chi connectivity index (χ1n) is 8.44. The van der Waals surface area contributed by atoms with Crippen LogP contribution >= 0.6 is 11.6 Å². The molecule has 5 heteroatoms. The molecule has 2 aliphatic heterocycles. The lowest BCUT2D eigenvalue weighted by Crippen LogP contribution is -2.63. The highest BCUT2D eigenvalue weighted by atomic mass is 35.5. The van der Waals surface area contributed by atoms with Gasteiger partial charge in [0, 0.05) is 35.1 Å². The van der Waals surface area contributed by atoms with Crippen LogP contribution in [-0.4, -0.2) is 28.8 Å². The van der Waals surface area contributed by atoms with Crippen molar-refractivity contribution >= 4 is 29.1 Å². The Kier molecular flexibility index (Phi) is 3.60. The SMILES string of the molecule is CC1CC2C[C@H](C1)N2C(=O)Nc1ccc(Cl)c([C@@H]2CCC2=O)c1. The summed E-state index contributed by atoms with van der Waals surface area (Å²) in [5.41, 5.74) is 1.57.